The summed E-state index contributed by atoms with van der Waals surface area (Å²) in [7, 11) is 1.15. The monoisotopic (exact) mass is 130 g/mol. The fraction of sp³-hybridized carbons (Fsp3) is 0. The van der Waals surface area contributed by atoms with E-state index in [-0.39, 0.29) is 38.3 Å². The smallest absolute Gasteiger partial charge is 0 e. The Hall–Kier alpha value is 1.30. The Bertz CT molecular complexity index is 19.1. The van der Waals surface area contributed by atoms with Gasteiger partial charge in [0.05, 0.1) is 0 Å². The second-order valence-corrected chi connectivity index (χ2v) is 0.707. The zero-order chi connectivity index (χ0) is 2.71. The van der Waals surface area contributed by atoms with Crippen molar-refractivity contribution in [1.82, 2.24) is 0 Å². The number of rotatable bonds is 0. The van der Waals surface area contributed by atoms with Crippen LogP contribution in [0.4, 0.5) is 0 Å². The summed E-state index contributed by atoms with van der Waals surface area (Å²) in [6.07, 6.45) is 0. The molecule has 0 aromatic carbocycles. The van der Waals surface area contributed by atoms with E-state index in [1.807, 2.05) is 0 Å². The van der Waals surface area contributed by atoms with Gasteiger partial charge in [0.25, 0.3) is 0 Å². The third-order valence-electron chi connectivity index (χ3n) is 0. The molecule has 0 aliphatic heterocycles. The van der Waals surface area contributed by atoms with Crippen LogP contribution >= 0.6 is 0 Å². The molecule has 0 amide bonds. The molecule has 0 heterocycles. The van der Waals surface area contributed by atoms with Gasteiger partial charge < -0.3 is 4.46 Å². The van der Waals surface area contributed by atoms with Crippen LogP contribution in [0.3, 0.4) is 0 Å². The molecule has 0 aromatic heterocycles. The molecule has 0 N–H and O–H groups in total. The van der Waals surface area contributed by atoms with Gasteiger partial charge in [0.2, 0.25) is 9.28 Å². The fourth-order valence-electron chi connectivity index (χ4n) is 0. The van der Waals surface area contributed by atoms with Gasteiger partial charge in [-0.15, -0.1) is 0 Å². The molecule has 0 rings (SSSR count). The Balaban J connectivity index is -0.0000000200. The minimum Gasteiger partial charge on any atom is 0 e. The van der Waals surface area contributed by atoms with Crippen molar-refractivity contribution in [3.05, 3.63) is 0 Å². The van der Waals surface area contributed by atoms with E-state index >= 15 is 0 Å². The molecule has 5 heteroatoms. The van der Waals surface area contributed by atoms with Crippen LogP contribution in [0.5, 0.6) is 0 Å². The quantitative estimate of drug-likeness (QED) is 0.337. The van der Waals surface area contributed by atoms with E-state index in [2.05, 4.69) is 0 Å². The summed E-state index contributed by atoms with van der Waals surface area (Å²) in [6, 6.07) is 0. The fourth-order valence-corrected chi connectivity index (χ4v) is 0. The van der Waals surface area contributed by atoms with Gasteiger partial charge in [-0.2, -0.15) is 0 Å². The van der Waals surface area contributed by atoms with Crippen LogP contribution in [-0.4, -0.2) is 35.6 Å². The molecule has 0 bridgehead atoms. The first-order valence-electron chi connectivity index (χ1n) is 0.813. The van der Waals surface area contributed by atoms with Crippen molar-refractivity contribution in [2.24, 2.45) is 0 Å². The minimum absolute atomic E-state index is 0. The van der Waals surface area contributed by atoms with Gasteiger partial charge >= 0.3 is 18.9 Å². The average molecular weight is 131 g/mol. The van der Waals surface area contributed by atoms with Crippen LogP contribution in [0.1, 0.15) is 0 Å². The topological polar surface area (TPSA) is 17.1 Å². The van der Waals surface area contributed by atoms with Crippen molar-refractivity contribution in [2.45, 2.75) is 0 Å². The standard InChI is InChI=1S/BH3OSi.Li.Zn.H/c1-3-2;;;/h3H,1H2;;;. The Kier molecular flexibility index (Phi) is 60.2. The Morgan fingerprint density at radius 2 is 1.60 bits per heavy atom. The first-order chi connectivity index (χ1) is 1.41. The van der Waals surface area contributed by atoms with Gasteiger partial charge in [0.15, 0.2) is 7.44 Å². The third kappa shape index (κ3) is 34.1. The second kappa shape index (κ2) is 18.5. The number of hydrogen-bond donors (Lipinski definition) is 0. The predicted molar refractivity (Wildman–Crippen MR) is 23.5 cm³/mol. The molecule has 1 nitrogen and oxygen atoms in total. The summed E-state index contributed by atoms with van der Waals surface area (Å²) in [4.78, 5) is 0. The van der Waals surface area contributed by atoms with Gasteiger partial charge in [-0.05, 0) is 0 Å². The van der Waals surface area contributed by atoms with Gasteiger partial charge in [0, 0.05) is 19.5 Å². The molecule has 0 aliphatic rings. The van der Waals surface area contributed by atoms with E-state index in [4.69, 9.17) is 4.46 Å². The van der Waals surface area contributed by atoms with Crippen molar-refractivity contribution >= 4 is 35.6 Å². The van der Waals surface area contributed by atoms with E-state index < -0.39 is 9.28 Å². The molecule has 0 spiro atoms. The predicted octanol–water partition coefficient (Wildman–Crippen LogP) is -2.33. The average Bonchev–Trinajstić information content (AvgIpc) is 0.918. The second-order valence-electron chi connectivity index (χ2n) is 0.236. The van der Waals surface area contributed by atoms with Crippen LogP contribution < -0.4 is 0 Å². The molecule has 0 aliphatic carbocycles. The Morgan fingerprint density at radius 3 is 1.60 bits per heavy atom. The van der Waals surface area contributed by atoms with Crippen molar-refractivity contribution in [3.63, 3.8) is 0 Å². The van der Waals surface area contributed by atoms with E-state index in [9.17, 15) is 0 Å². The molecule has 0 radical (unpaired) electrons. The van der Waals surface area contributed by atoms with E-state index in [1.54, 1.807) is 7.44 Å². The maximum absolute atomic E-state index is 9.01. The molecule has 20 valence electrons. The molecule has 0 aromatic rings. The summed E-state index contributed by atoms with van der Waals surface area (Å²) < 4.78 is 9.01. The summed E-state index contributed by atoms with van der Waals surface area (Å²) in [5.41, 5.74) is 0. The Morgan fingerprint density at radius 1 is 1.60 bits per heavy atom. The molecule has 5 heavy (non-hydrogen) atoms. The molecule has 0 saturated carbocycles. The first-order valence-corrected chi connectivity index (χ1v) is 2.44. The van der Waals surface area contributed by atoms with E-state index in [1.165, 1.54) is 0 Å². The molecule has 0 saturated heterocycles. The maximum Gasteiger partial charge on any atom is 0 e. The SMILES string of the molecule is B[SiH]=O.[LiH].[Zn]. The zero-order valence-electron chi connectivity index (χ0n) is 2.69. The normalized spacial score (nSPS) is 2.40. The van der Waals surface area contributed by atoms with Crippen LogP contribution in [-0.2, 0) is 23.9 Å². The maximum atomic E-state index is 9.01. The summed E-state index contributed by atoms with van der Waals surface area (Å²) >= 11 is 0. The molecule has 0 fully saturated rings. The molecule has 0 unspecified atom stereocenters. The van der Waals surface area contributed by atoms with Gasteiger partial charge in [-0.1, -0.05) is 0 Å². The summed E-state index contributed by atoms with van der Waals surface area (Å²) in [5.74, 6) is 0. The van der Waals surface area contributed by atoms with Gasteiger partial charge in [-0.3, -0.25) is 0 Å². The Labute approximate surface area is 59.4 Å². The minimum atomic E-state index is -0.500. The van der Waals surface area contributed by atoms with Crippen molar-refractivity contribution in [2.75, 3.05) is 0 Å². The van der Waals surface area contributed by atoms with E-state index in [0.717, 1.165) is 0 Å². The molecular formula is H4BLiOSiZn. The largest absolute Gasteiger partial charge is 0 e. The first kappa shape index (κ1) is 16.2. The van der Waals surface area contributed by atoms with E-state index in [0.29, 0.717) is 0 Å². The molecular weight excluding hydrogens is 127 g/mol. The zero-order valence-corrected chi connectivity index (χ0v) is 6.81. The van der Waals surface area contributed by atoms with Crippen LogP contribution in [0.25, 0.3) is 0 Å². The third-order valence-corrected chi connectivity index (χ3v) is 0. The van der Waals surface area contributed by atoms with Gasteiger partial charge in [-0.25, -0.2) is 0 Å². The van der Waals surface area contributed by atoms with Crippen molar-refractivity contribution in [1.29, 1.82) is 0 Å². The summed E-state index contributed by atoms with van der Waals surface area (Å²) in [5, 5.41) is 0. The van der Waals surface area contributed by atoms with Crippen LogP contribution in [0, 0.1) is 0 Å². The van der Waals surface area contributed by atoms with Crippen LogP contribution in [0.15, 0.2) is 0 Å². The summed E-state index contributed by atoms with van der Waals surface area (Å²) in [6.45, 7) is 0. The molecule has 0 atom stereocenters. The van der Waals surface area contributed by atoms with Crippen LogP contribution in [0.2, 0.25) is 0 Å². The van der Waals surface area contributed by atoms with Gasteiger partial charge in [0.1, 0.15) is 0 Å². The van der Waals surface area contributed by atoms with Crippen molar-refractivity contribution < 1.29 is 23.9 Å². The van der Waals surface area contributed by atoms with Crippen molar-refractivity contribution in [3.8, 4) is 0 Å². The number of hydrogen-bond acceptors (Lipinski definition) is 1.